The van der Waals surface area contributed by atoms with E-state index in [-0.39, 0.29) is 24.2 Å². The Morgan fingerprint density at radius 3 is 2.66 bits per heavy atom. The van der Waals surface area contributed by atoms with Gasteiger partial charge in [0, 0.05) is 28.5 Å². The number of nitrogens with one attached hydrogen (secondary N) is 1. The fourth-order valence-electron chi connectivity index (χ4n) is 3.38. The molecule has 148 valence electrons. The molecule has 1 atom stereocenters. The number of carbonyl (C=O) groups is 3. The standard InChI is InChI=1S/C22H20N2O4S/c1-12-14(3)29-21(24-8-4-5-9-24)19(12)22(27)28-11-18(25)15-6-7-17-16(10-15)13(2)20(26)23-17/h4-10,13H,11H2,1-3H3,(H,23,26)/t13-/m0/s1. The summed E-state index contributed by atoms with van der Waals surface area (Å²) < 4.78 is 7.24. The van der Waals surface area contributed by atoms with E-state index < -0.39 is 5.97 Å². The molecule has 3 heterocycles. The number of anilines is 1. The predicted octanol–water partition coefficient (Wildman–Crippen LogP) is 4.25. The normalized spacial score (nSPS) is 15.1. The van der Waals surface area contributed by atoms with Gasteiger partial charge in [0.2, 0.25) is 5.91 Å². The highest BCUT2D eigenvalue weighted by Crippen LogP contribution is 2.33. The minimum atomic E-state index is -0.518. The van der Waals surface area contributed by atoms with Crippen LogP contribution in [0.25, 0.3) is 5.00 Å². The molecule has 3 aromatic rings. The zero-order valence-electron chi connectivity index (χ0n) is 16.3. The summed E-state index contributed by atoms with van der Waals surface area (Å²) in [6.07, 6.45) is 3.74. The third kappa shape index (κ3) is 3.38. The van der Waals surface area contributed by atoms with E-state index >= 15 is 0 Å². The first kappa shape index (κ1) is 19.1. The van der Waals surface area contributed by atoms with E-state index in [0.29, 0.717) is 11.1 Å². The van der Waals surface area contributed by atoms with E-state index in [1.807, 2.05) is 42.9 Å². The second-order valence-corrected chi connectivity index (χ2v) is 8.27. The van der Waals surface area contributed by atoms with Gasteiger partial charge in [0.1, 0.15) is 5.00 Å². The van der Waals surface area contributed by atoms with Crippen molar-refractivity contribution in [3.05, 3.63) is 69.9 Å². The maximum Gasteiger partial charge on any atom is 0.341 e. The Labute approximate surface area is 172 Å². The molecule has 0 radical (unpaired) electrons. The molecule has 4 rings (SSSR count). The van der Waals surface area contributed by atoms with Crippen molar-refractivity contribution in [3.63, 3.8) is 0 Å². The van der Waals surface area contributed by atoms with Gasteiger partial charge in [-0.1, -0.05) is 0 Å². The molecule has 0 unspecified atom stereocenters. The maximum atomic E-state index is 12.8. The number of hydrogen-bond acceptors (Lipinski definition) is 5. The van der Waals surface area contributed by atoms with Gasteiger partial charge in [0.25, 0.3) is 0 Å². The highest BCUT2D eigenvalue weighted by molar-refractivity contribution is 7.15. The van der Waals surface area contributed by atoms with Crippen LogP contribution in [0, 0.1) is 13.8 Å². The van der Waals surface area contributed by atoms with Crippen LogP contribution < -0.4 is 5.32 Å². The smallest absolute Gasteiger partial charge is 0.341 e. The molecule has 29 heavy (non-hydrogen) atoms. The lowest BCUT2D eigenvalue weighted by Crippen LogP contribution is -2.16. The number of amides is 1. The van der Waals surface area contributed by atoms with Gasteiger partial charge in [-0.3, -0.25) is 9.59 Å². The highest BCUT2D eigenvalue weighted by Gasteiger charge is 2.28. The summed E-state index contributed by atoms with van der Waals surface area (Å²) >= 11 is 1.51. The van der Waals surface area contributed by atoms with Gasteiger partial charge in [-0.15, -0.1) is 11.3 Å². The number of nitrogens with zero attached hydrogens (tertiary/aromatic N) is 1. The van der Waals surface area contributed by atoms with E-state index in [1.54, 1.807) is 25.1 Å². The number of Topliss-reactive ketones (excluding diaryl/α,β-unsaturated/α-hetero) is 1. The van der Waals surface area contributed by atoms with E-state index in [9.17, 15) is 14.4 Å². The monoisotopic (exact) mass is 408 g/mol. The summed E-state index contributed by atoms with van der Waals surface area (Å²) in [4.78, 5) is 38.2. The molecule has 0 aliphatic carbocycles. The first-order valence-corrected chi connectivity index (χ1v) is 10.1. The fraction of sp³-hybridized carbons (Fsp3) is 0.227. The lowest BCUT2D eigenvalue weighted by atomic mass is 9.99. The molecule has 1 N–H and O–H groups in total. The van der Waals surface area contributed by atoms with Gasteiger partial charge in [0.15, 0.2) is 12.4 Å². The first-order valence-electron chi connectivity index (χ1n) is 9.25. The molecular weight excluding hydrogens is 388 g/mol. The van der Waals surface area contributed by atoms with Gasteiger partial charge in [-0.25, -0.2) is 4.79 Å². The molecule has 2 aromatic heterocycles. The van der Waals surface area contributed by atoms with Crippen molar-refractivity contribution in [2.45, 2.75) is 26.7 Å². The third-order valence-electron chi connectivity index (χ3n) is 5.24. The summed E-state index contributed by atoms with van der Waals surface area (Å²) in [6.45, 7) is 5.27. The summed E-state index contributed by atoms with van der Waals surface area (Å²) in [5.74, 6) is -1.21. The summed E-state index contributed by atoms with van der Waals surface area (Å²) in [7, 11) is 0. The van der Waals surface area contributed by atoms with Gasteiger partial charge in [-0.2, -0.15) is 0 Å². The Balaban J connectivity index is 1.51. The SMILES string of the molecule is Cc1sc(-n2cccc2)c(C(=O)OCC(=O)c2ccc3c(c2)[C@H](C)C(=O)N3)c1C. The van der Waals surface area contributed by atoms with Crippen molar-refractivity contribution in [2.75, 3.05) is 11.9 Å². The molecule has 1 aliphatic heterocycles. The van der Waals surface area contributed by atoms with E-state index in [0.717, 1.165) is 26.7 Å². The molecule has 0 saturated carbocycles. The lowest BCUT2D eigenvalue weighted by molar-refractivity contribution is -0.116. The van der Waals surface area contributed by atoms with Crippen LogP contribution in [0.4, 0.5) is 5.69 Å². The summed E-state index contributed by atoms with van der Waals surface area (Å²) in [5, 5.41) is 3.55. The molecule has 0 saturated heterocycles. The number of aryl methyl sites for hydroxylation is 1. The molecule has 6 nitrogen and oxygen atoms in total. The van der Waals surface area contributed by atoms with E-state index in [1.165, 1.54) is 11.3 Å². The molecule has 7 heteroatoms. The number of thiophene rings is 1. The molecule has 1 amide bonds. The maximum absolute atomic E-state index is 12.8. The number of hydrogen-bond donors (Lipinski definition) is 1. The number of ether oxygens (including phenoxy) is 1. The molecule has 1 aliphatic rings. The highest BCUT2D eigenvalue weighted by atomic mass is 32.1. The molecule has 1 aromatic carbocycles. The fourth-order valence-corrected chi connectivity index (χ4v) is 4.49. The van der Waals surface area contributed by atoms with Crippen LogP contribution in [0.15, 0.2) is 42.7 Å². The van der Waals surface area contributed by atoms with Gasteiger partial charge in [0.05, 0.1) is 11.5 Å². The van der Waals surface area contributed by atoms with E-state index in [2.05, 4.69) is 5.32 Å². The van der Waals surface area contributed by atoms with E-state index in [4.69, 9.17) is 4.74 Å². The number of fused-ring (bicyclic) bond motifs is 1. The van der Waals surface area contributed by atoms with Crippen molar-refractivity contribution < 1.29 is 19.1 Å². The Hall–Kier alpha value is -3.19. The van der Waals surface area contributed by atoms with Crippen molar-refractivity contribution >= 4 is 34.7 Å². The van der Waals surface area contributed by atoms with Gasteiger partial charge in [-0.05, 0) is 62.2 Å². The Kier molecular flexibility index (Phi) is 4.84. The van der Waals surface area contributed by atoms with Crippen LogP contribution in [0.2, 0.25) is 0 Å². The van der Waals surface area contributed by atoms with Crippen LogP contribution in [-0.2, 0) is 9.53 Å². The minimum absolute atomic E-state index is 0.0862. The Bertz CT molecular complexity index is 1130. The van der Waals surface area contributed by atoms with Crippen LogP contribution in [-0.4, -0.2) is 28.8 Å². The molecule has 0 fully saturated rings. The van der Waals surface area contributed by atoms with Crippen LogP contribution in [0.5, 0.6) is 0 Å². The number of esters is 1. The van der Waals surface area contributed by atoms with Crippen LogP contribution in [0.3, 0.4) is 0 Å². The first-order chi connectivity index (χ1) is 13.9. The van der Waals surface area contributed by atoms with Crippen LogP contribution in [0.1, 0.15) is 49.6 Å². The van der Waals surface area contributed by atoms with Crippen molar-refractivity contribution in [3.8, 4) is 5.00 Å². The quantitative estimate of drug-likeness (QED) is 0.506. The van der Waals surface area contributed by atoms with Crippen molar-refractivity contribution in [1.82, 2.24) is 4.57 Å². The molecule has 0 bridgehead atoms. The minimum Gasteiger partial charge on any atom is -0.454 e. The average molecular weight is 408 g/mol. The summed E-state index contributed by atoms with van der Waals surface area (Å²) in [5.41, 5.74) is 3.26. The Morgan fingerprint density at radius 1 is 1.21 bits per heavy atom. The predicted molar refractivity (Wildman–Crippen MR) is 111 cm³/mol. The Morgan fingerprint density at radius 2 is 1.93 bits per heavy atom. The number of benzene rings is 1. The number of carbonyl (C=O) groups excluding carboxylic acids is 3. The topological polar surface area (TPSA) is 77.4 Å². The second-order valence-electron chi connectivity index (χ2n) is 7.07. The number of aromatic nitrogens is 1. The van der Waals surface area contributed by atoms with Crippen molar-refractivity contribution in [2.24, 2.45) is 0 Å². The zero-order chi connectivity index (χ0) is 20.7. The van der Waals surface area contributed by atoms with Gasteiger partial charge >= 0.3 is 5.97 Å². The molecule has 0 spiro atoms. The third-order valence-corrected chi connectivity index (χ3v) is 6.46. The number of ketones is 1. The van der Waals surface area contributed by atoms with Gasteiger partial charge < -0.3 is 14.6 Å². The molecular formula is C22H20N2O4S. The second kappa shape index (κ2) is 7.33. The lowest BCUT2D eigenvalue weighted by Gasteiger charge is -2.09. The van der Waals surface area contributed by atoms with Crippen molar-refractivity contribution in [1.29, 1.82) is 0 Å². The largest absolute Gasteiger partial charge is 0.454 e. The summed E-state index contributed by atoms with van der Waals surface area (Å²) in [6, 6.07) is 8.81. The average Bonchev–Trinajstić information content (AvgIpc) is 3.40. The van der Waals surface area contributed by atoms with Crippen LogP contribution >= 0.6 is 11.3 Å². The zero-order valence-corrected chi connectivity index (χ0v) is 17.1. The number of rotatable bonds is 5.